The summed E-state index contributed by atoms with van der Waals surface area (Å²) < 4.78 is 5.40. The number of amides is 1. The second kappa shape index (κ2) is 8.48. The smallest absolute Gasteiger partial charge is 0.237 e. The van der Waals surface area contributed by atoms with E-state index in [1.807, 2.05) is 0 Å². The molecule has 4 nitrogen and oxygen atoms in total. The molecule has 1 fully saturated rings. The first-order chi connectivity index (χ1) is 8.25. The SMILES string of the molecule is CCCCOCCNC(=O)C1NCCCC1C. The van der Waals surface area contributed by atoms with Crippen LogP contribution in [0.2, 0.25) is 0 Å². The van der Waals surface area contributed by atoms with Crippen molar-refractivity contribution in [1.82, 2.24) is 10.6 Å². The van der Waals surface area contributed by atoms with Gasteiger partial charge in [0.05, 0.1) is 12.6 Å². The zero-order valence-electron chi connectivity index (χ0n) is 11.1. The van der Waals surface area contributed by atoms with Crippen LogP contribution in [0.25, 0.3) is 0 Å². The summed E-state index contributed by atoms with van der Waals surface area (Å²) in [4.78, 5) is 11.9. The van der Waals surface area contributed by atoms with Gasteiger partial charge in [-0.1, -0.05) is 20.3 Å². The highest BCUT2D eigenvalue weighted by Crippen LogP contribution is 2.15. The van der Waals surface area contributed by atoms with E-state index in [9.17, 15) is 4.79 Å². The quantitative estimate of drug-likeness (QED) is 0.662. The zero-order valence-corrected chi connectivity index (χ0v) is 11.1. The molecular formula is C13H26N2O2. The summed E-state index contributed by atoms with van der Waals surface area (Å²) >= 11 is 0. The number of piperidine rings is 1. The summed E-state index contributed by atoms with van der Waals surface area (Å²) in [6.07, 6.45) is 4.55. The lowest BCUT2D eigenvalue weighted by atomic mass is 9.92. The minimum atomic E-state index is -0.0145. The Kier molecular flexibility index (Phi) is 7.21. The molecule has 17 heavy (non-hydrogen) atoms. The summed E-state index contributed by atoms with van der Waals surface area (Å²) in [5, 5.41) is 6.21. The number of carbonyl (C=O) groups is 1. The maximum absolute atomic E-state index is 11.9. The van der Waals surface area contributed by atoms with Crippen LogP contribution in [0.4, 0.5) is 0 Å². The minimum Gasteiger partial charge on any atom is -0.380 e. The molecule has 0 bridgehead atoms. The van der Waals surface area contributed by atoms with Gasteiger partial charge in [0, 0.05) is 13.2 Å². The number of carbonyl (C=O) groups excluding carboxylic acids is 1. The van der Waals surface area contributed by atoms with Crippen LogP contribution in [0.15, 0.2) is 0 Å². The van der Waals surface area contributed by atoms with Crippen LogP contribution < -0.4 is 10.6 Å². The Morgan fingerprint density at radius 3 is 3.00 bits per heavy atom. The highest BCUT2D eigenvalue weighted by atomic mass is 16.5. The van der Waals surface area contributed by atoms with Gasteiger partial charge in [0.2, 0.25) is 5.91 Å². The van der Waals surface area contributed by atoms with Gasteiger partial charge in [-0.25, -0.2) is 0 Å². The molecule has 0 radical (unpaired) electrons. The summed E-state index contributed by atoms with van der Waals surface area (Å²) in [7, 11) is 0. The lowest BCUT2D eigenvalue weighted by Crippen LogP contribution is -2.51. The third-order valence-corrected chi connectivity index (χ3v) is 3.24. The monoisotopic (exact) mass is 242 g/mol. The van der Waals surface area contributed by atoms with Gasteiger partial charge in [0.1, 0.15) is 0 Å². The van der Waals surface area contributed by atoms with Crippen LogP contribution >= 0.6 is 0 Å². The number of unbranched alkanes of at least 4 members (excludes halogenated alkanes) is 1. The molecule has 1 heterocycles. The number of ether oxygens (including phenoxy) is 1. The summed E-state index contributed by atoms with van der Waals surface area (Å²) in [5.74, 6) is 0.557. The molecule has 0 aromatic carbocycles. The van der Waals surface area contributed by atoms with E-state index in [0.717, 1.165) is 32.4 Å². The number of nitrogens with one attached hydrogen (secondary N) is 2. The van der Waals surface area contributed by atoms with Crippen LogP contribution in [0, 0.1) is 5.92 Å². The second-order valence-corrected chi connectivity index (χ2v) is 4.81. The molecule has 0 aliphatic carbocycles. The van der Waals surface area contributed by atoms with Gasteiger partial charge >= 0.3 is 0 Å². The summed E-state index contributed by atoms with van der Waals surface area (Å²) in [6.45, 7) is 7.26. The third-order valence-electron chi connectivity index (χ3n) is 3.24. The maximum atomic E-state index is 11.9. The molecule has 0 aromatic rings. The van der Waals surface area contributed by atoms with E-state index >= 15 is 0 Å². The predicted molar refractivity (Wildman–Crippen MR) is 68.9 cm³/mol. The first-order valence-electron chi connectivity index (χ1n) is 6.84. The Balaban J connectivity index is 2.07. The summed E-state index contributed by atoms with van der Waals surface area (Å²) in [5.41, 5.74) is 0. The van der Waals surface area contributed by atoms with Crippen molar-refractivity contribution in [3.63, 3.8) is 0 Å². The van der Waals surface area contributed by atoms with E-state index in [4.69, 9.17) is 4.74 Å². The molecule has 100 valence electrons. The van der Waals surface area contributed by atoms with Gasteiger partial charge < -0.3 is 15.4 Å². The fourth-order valence-electron chi connectivity index (χ4n) is 2.11. The minimum absolute atomic E-state index is 0.0145. The first kappa shape index (κ1) is 14.5. The van der Waals surface area contributed by atoms with Gasteiger partial charge in [-0.2, -0.15) is 0 Å². The van der Waals surface area contributed by atoms with Gasteiger partial charge in [-0.05, 0) is 31.7 Å². The highest BCUT2D eigenvalue weighted by Gasteiger charge is 2.26. The van der Waals surface area contributed by atoms with E-state index in [0.29, 0.717) is 19.1 Å². The van der Waals surface area contributed by atoms with E-state index in [2.05, 4.69) is 24.5 Å². The van der Waals surface area contributed by atoms with Crippen LogP contribution in [0.3, 0.4) is 0 Å². The Labute approximate surface area is 104 Å². The van der Waals surface area contributed by atoms with Crippen molar-refractivity contribution in [2.75, 3.05) is 26.3 Å². The predicted octanol–water partition coefficient (Wildman–Crippen LogP) is 1.31. The average Bonchev–Trinajstić information content (AvgIpc) is 2.34. The zero-order chi connectivity index (χ0) is 12.5. The molecule has 1 saturated heterocycles. The molecular weight excluding hydrogens is 216 g/mol. The third kappa shape index (κ3) is 5.50. The van der Waals surface area contributed by atoms with Crippen molar-refractivity contribution < 1.29 is 9.53 Å². The van der Waals surface area contributed by atoms with Crippen molar-refractivity contribution in [1.29, 1.82) is 0 Å². The number of hydrogen-bond donors (Lipinski definition) is 2. The van der Waals surface area contributed by atoms with Gasteiger partial charge in [0.25, 0.3) is 0 Å². The topological polar surface area (TPSA) is 50.4 Å². The molecule has 0 aromatic heterocycles. The lowest BCUT2D eigenvalue weighted by molar-refractivity contribution is -0.125. The van der Waals surface area contributed by atoms with Crippen LogP contribution in [0.1, 0.15) is 39.5 Å². The summed E-state index contributed by atoms with van der Waals surface area (Å²) in [6, 6.07) is -0.0145. The standard InChI is InChI=1S/C13H26N2O2/c1-3-4-9-17-10-8-15-13(16)12-11(2)6-5-7-14-12/h11-12,14H,3-10H2,1-2H3,(H,15,16). The lowest BCUT2D eigenvalue weighted by Gasteiger charge is -2.28. The van der Waals surface area contributed by atoms with Crippen LogP contribution in [0.5, 0.6) is 0 Å². The van der Waals surface area contributed by atoms with Crippen molar-refractivity contribution in [2.45, 2.75) is 45.6 Å². The Morgan fingerprint density at radius 2 is 2.29 bits per heavy atom. The molecule has 2 N–H and O–H groups in total. The molecule has 2 atom stereocenters. The van der Waals surface area contributed by atoms with E-state index in [1.165, 1.54) is 6.42 Å². The van der Waals surface area contributed by atoms with E-state index < -0.39 is 0 Å². The molecule has 1 aliphatic rings. The largest absolute Gasteiger partial charge is 0.380 e. The van der Waals surface area contributed by atoms with Gasteiger partial charge in [-0.15, -0.1) is 0 Å². The van der Waals surface area contributed by atoms with Gasteiger partial charge in [0.15, 0.2) is 0 Å². The highest BCUT2D eigenvalue weighted by molar-refractivity contribution is 5.82. The van der Waals surface area contributed by atoms with Crippen molar-refractivity contribution in [2.24, 2.45) is 5.92 Å². The molecule has 2 unspecified atom stereocenters. The molecule has 4 heteroatoms. The Morgan fingerprint density at radius 1 is 1.47 bits per heavy atom. The normalized spacial score (nSPS) is 24.6. The van der Waals surface area contributed by atoms with Crippen molar-refractivity contribution in [3.8, 4) is 0 Å². The Bertz CT molecular complexity index is 221. The second-order valence-electron chi connectivity index (χ2n) is 4.81. The fourth-order valence-corrected chi connectivity index (χ4v) is 2.11. The average molecular weight is 242 g/mol. The fraction of sp³-hybridized carbons (Fsp3) is 0.923. The van der Waals surface area contributed by atoms with Gasteiger partial charge in [-0.3, -0.25) is 4.79 Å². The van der Waals surface area contributed by atoms with E-state index in [-0.39, 0.29) is 11.9 Å². The molecule has 0 spiro atoms. The molecule has 0 saturated carbocycles. The molecule has 1 aliphatic heterocycles. The van der Waals surface area contributed by atoms with E-state index in [1.54, 1.807) is 0 Å². The maximum Gasteiger partial charge on any atom is 0.237 e. The number of hydrogen-bond acceptors (Lipinski definition) is 3. The van der Waals surface area contributed by atoms with Crippen molar-refractivity contribution >= 4 is 5.91 Å². The van der Waals surface area contributed by atoms with Crippen molar-refractivity contribution in [3.05, 3.63) is 0 Å². The number of rotatable bonds is 7. The Hall–Kier alpha value is -0.610. The molecule has 1 amide bonds. The molecule has 1 rings (SSSR count). The van der Waals surface area contributed by atoms with Crippen LogP contribution in [-0.4, -0.2) is 38.3 Å². The van der Waals surface area contributed by atoms with Crippen LogP contribution in [-0.2, 0) is 9.53 Å². The first-order valence-corrected chi connectivity index (χ1v) is 6.84.